The molecule has 1 atom stereocenters. The molecule has 0 saturated carbocycles. The number of aromatic nitrogens is 4. The maximum Gasteiger partial charge on any atom is 0.257 e. The zero-order valence-electron chi connectivity index (χ0n) is 12.8. The van der Waals surface area contributed by atoms with Crippen molar-refractivity contribution in [1.29, 1.82) is 0 Å². The second kappa shape index (κ2) is 6.34. The van der Waals surface area contributed by atoms with E-state index in [0.29, 0.717) is 24.1 Å². The normalized spacial score (nSPS) is 17.7. The van der Waals surface area contributed by atoms with Crippen molar-refractivity contribution in [1.82, 2.24) is 19.7 Å². The summed E-state index contributed by atoms with van der Waals surface area (Å²) < 4.78 is 13.0. The zero-order valence-corrected chi connectivity index (χ0v) is 12.8. The molecule has 2 aromatic heterocycles. The van der Waals surface area contributed by atoms with Crippen molar-refractivity contribution in [2.45, 2.75) is 25.3 Å². The van der Waals surface area contributed by atoms with Gasteiger partial charge >= 0.3 is 0 Å². The number of imidazole rings is 1. The molecule has 0 amide bonds. The minimum absolute atomic E-state index is 0.398. The Balaban J connectivity index is 1.44. The Hall–Kier alpha value is -2.47. The summed E-state index contributed by atoms with van der Waals surface area (Å²) in [6.07, 6.45) is 5.61. The first-order chi connectivity index (χ1) is 11.4. The van der Waals surface area contributed by atoms with E-state index in [1.807, 2.05) is 42.7 Å². The van der Waals surface area contributed by atoms with Gasteiger partial charge in [-0.1, -0.05) is 23.4 Å². The molecule has 1 aromatic carbocycles. The molecule has 1 fully saturated rings. The molecule has 0 N–H and O–H groups in total. The van der Waals surface area contributed by atoms with E-state index in [0.717, 1.165) is 37.6 Å². The Morgan fingerprint density at radius 3 is 2.96 bits per heavy atom. The number of benzene rings is 1. The Morgan fingerprint density at radius 1 is 1.22 bits per heavy atom. The Labute approximate surface area is 134 Å². The van der Waals surface area contributed by atoms with Gasteiger partial charge in [0.15, 0.2) is 5.82 Å². The van der Waals surface area contributed by atoms with Crippen molar-refractivity contribution in [2.24, 2.45) is 0 Å². The van der Waals surface area contributed by atoms with Crippen LogP contribution < -0.4 is 0 Å². The fraction of sp³-hybridized carbons (Fsp3) is 0.353. The first kappa shape index (κ1) is 14.1. The molecule has 0 bridgehead atoms. The maximum atomic E-state index is 5.46. The summed E-state index contributed by atoms with van der Waals surface area (Å²) in [6, 6.07) is 9.81. The van der Waals surface area contributed by atoms with Crippen molar-refractivity contribution in [3.8, 4) is 11.5 Å². The summed E-state index contributed by atoms with van der Waals surface area (Å²) in [7, 11) is 0. The Bertz CT molecular complexity index is 760. The van der Waals surface area contributed by atoms with E-state index in [9.17, 15) is 0 Å². The van der Waals surface area contributed by atoms with E-state index >= 15 is 0 Å². The molecule has 0 spiro atoms. The third-order valence-corrected chi connectivity index (χ3v) is 4.11. The Morgan fingerprint density at radius 2 is 2.13 bits per heavy atom. The van der Waals surface area contributed by atoms with Crippen molar-refractivity contribution >= 4 is 0 Å². The number of hydrogen-bond donors (Lipinski definition) is 0. The monoisotopic (exact) mass is 310 g/mol. The van der Waals surface area contributed by atoms with Crippen LogP contribution >= 0.6 is 0 Å². The molecule has 3 heterocycles. The number of rotatable bonds is 5. The van der Waals surface area contributed by atoms with Gasteiger partial charge in [0.1, 0.15) is 5.82 Å². The lowest BCUT2D eigenvalue weighted by Gasteiger charge is -2.10. The van der Waals surface area contributed by atoms with E-state index in [1.54, 1.807) is 0 Å². The van der Waals surface area contributed by atoms with E-state index in [-0.39, 0.29) is 0 Å². The molecule has 118 valence electrons. The van der Waals surface area contributed by atoms with Gasteiger partial charge in [-0.25, -0.2) is 4.98 Å². The van der Waals surface area contributed by atoms with Crippen LogP contribution in [0, 0.1) is 0 Å². The third-order valence-electron chi connectivity index (χ3n) is 4.11. The molecule has 6 heteroatoms. The highest BCUT2D eigenvalue weighted by Gasteiger charge is 2.22. The quantitative estimate of drug-likeness (QED) is 0.725. The fourth-order valence-electron chi connectivity index (χ4n) is 2.88. The van der Waals surface area contributed by atoms with Gasteiger partial charge in [-0.2, -0.15) is 4.98 Å². The molecule has 4 rings (SSSR count). The molecular formula is C17H18N4O2. The summed E-state index contributed by atoms with van der Waals surface area (Å²) in [5, 5.41) is 4.07. The van der Waals surface area contributed by atoms with Gasteiger partial charge in [0.05, 0.1) is 6.61 Å². The SMILES string of the molecule is c1ccc(-c2nc(CCn3ccnc3[C@H]3CCOC3)no2)cc1. The minimum Gasteiger partial charge on any atom is -0.381 e. The van der Waals surface area contributed by atoms with Crippen LogP contribution in [0.5, 0.6) is 0 Å². The van der Waals surface area contributed by atoms with Crippen LogP contribution in [0.15, 0.2) is 47.2 Å². The molecule has 3 aromatic rings. The van der Waals surface area contributed by atoms with Crippen LogP contribution in [0.3, 0.4) is 0 Å². The smallest absolute Gasteiger partial charge is 0.257 e. The van der Waals surface area contributed by atoms with Gasteiger partial charge in [0.25, 0.3) is 5.89 Å². The average molecular weight is 310 g/mol. The third kappa shape index (κ3) is 3.03. The van der Waals surface area contributed by atoms with Gasteiger partial charge < -0.3 is 13.8 Å². The number of aryl methyl sites for hydroxylation is 2. The van der Waals surface area contributed by atoms with Crippen molar-refractivity contribution in [3.05, 3.63) is 54.4 Å². The minimum atomic E-state index is 0.398. The topological polar surface area (TPSA) is 66.0 Å². The van der Waals surface area contributed by atoms with Gasteiger partial charge in [-0.05, 0) is 18.6 Å². The molecule has 23 heavy (non-hydrogen) atoms. The zero-order chi connectivity index (χ0) is 15.5. The summed E-state index contributed by atoms with van der Waals surface area (Å²) in [6.45, 7) is 2.37. The van der Waals surface area contributed by atoms with Crippen LogP contribution in [-0.2, 0) is 17.7 Å². The first-order valence-electron chi connectivity index (χ1n) is 7.87. The maximum absolute atomic E-state index is 5.46. The number of hydrogen-bond acceptors (Lipinski definition) is 5. The van der Waals surface area contributed by atoms with Crippen LogP contribution in [0.2, 0.25) is 0 Å². The fourth-order valence-corrected chi connectivity index (χ4v) is 2.88. The van der Waals surface area contributed by atoms with E-state index in [4.69, 9.17) is 9.26 Å². The van der Waals surface area contributed by atoms with Crippen LogP contribution in [0.25, 0.3) is 11.5 Å². The van der Waals surface area contributed by atoms with Gasteiger partial charge in [0.2, 0.25) is 0 Å². The van der Waals surface area contributed by atoms with Crippen molar-refractivity contribution in [3.63, 3.8) is 0 Å². The molecule has 0 unspecified atom stereocenters. The molecule has 6 nitrogen and oxygen atoms in total. The molecule has 1 saturated heterocycles. The average Bonchev–Trinajstić information content (AvgIpc) is 3.33. The summed E-state index contributed by atoms with van der Waals surface area (Å²) in [4.78, 5) is 8.95. The molecule has 0 radical (unpaired) electrons. The predicted octanol–water partition coefficient (Wildman–Crippen LogP) is 2.68. The van der Waals surface area contributed by atoms with Crippen LogP contribution in [0.4, 0.5) is 0 Å². The largest absolute Gasteiger partial charge is 0.381 e. The van der Waals surface area contributed by atoms with Crippen molar-refractivity contribution < 1.29 is 9.26 Å². The molecule has 0 aliphatic carbocycles. The summed E-state index contributed by atoms with van der Waals surface area (Å²) in [5.74, 6) is 2.77. The first-order valence-corrected chi connectivity index (χ1v) is 7.87. The lowest BCUT2D eigenvalue weighted by atomic mass is 10.1. The Kier molecular flexibility index (Phi) is 3.90. The lowest BCUT2D eigenvalue weighted by molar-refractivity contribution is 0.192. The van der Waals surface area contributed by atoms with Crippen LogP contribution in [0.1, 0.15) is 24.0 Å². The van der Waals surface area contributed by atoms with E-state index in [2.05, 4.69) is 19.7 Å². The van der Waals surface area contributed by atoms with Crippen LogP contribution in [-0.4, -0.2) is 32.9 Å². The number of ether oxygens (including phenoxy) is 1. The van der Waals surface area contributed by atoms with Gasteiger partial charge in [-0.15, -0.1) is 0 Å². The standard InChI is InChI=1S/C17H18N4O2/c1-2-4-13(5-3-1)17-19-15(20-23-17)6-9-21-10-8-18-16(21)14-7-11-22-12-14/h1-5,8,10,14H,6-7,9,11-12H2/t14-/m0/s1. The molecule has 1 aliphatic heterocycles. The highest BCUT2D eigenvalue weighted by atomic mass is 16.5. The summed E-state index contributed by atoms with van der Waals surface area (Å²) in [5.41, 5.74) is 0.942. The highest BCUT2D eigenvalue weighted by molar-refractivity contribution is 5.51. The van der Waals surface area contributed by atoms with Crippen molar-refractivity contribution in [2.75, 3.05) is 13.2 Å². The second-order valence-corrected chi connectivity index (χ2v) is 5.67. The number of nitrogens with zero attached hydrogens (tertiary/aromatic N) is 4. The van der Waals surface area contributed by atoms with E-state index in [1.165, 1.54) is 0 Å². The van der Waals surface area contributed by atoms with Gasteiger partial charge in [-0.3, -0.25) is 0 Å². The highest BCUT2D eigenvalue weighted by Crippen LogP contribution is 2.24. The van der Waals surface area contributed by atoms with Gasteiger partial charge in [0, 0.05) is 43.4 Å². The molecule has 1 aliphatic rings. The summed E-state index contributed by atoms with van der Waals surface area (Å²) >= 11 is 0. The molecular weight excluding hydrogens is 292 g/mol. The predicted molar refractivity (Wildman–Crippen MR) is 83.8 cm³/mol. The second-order valence-electron chi connectivity index (χ2n) is 5.67. The lowest BCUT2D eigenvalue weighted by Crippen LogP contribution is -2.11. The van der Waals surface area contributed by atoms with E-state index < -0.39 is 0 Å².